The summed E-state index contributed by atoms with van der Waals surface area (Å²) in [6.45, 7) is 2.64. The lowest BCUT2D eigenvalue weighted by molar-refractivity contribution is -0.140. The van der Waals surface area contributed by atoms with Crippen LogP contribution < -0.4 is 4.72 Å². The normalized spacial score (nSPS) is 14.3. The fraction of sp³-hybridized carbons (Fsp3) is 0.217. The number of nitrogens with one attached hydrogen (secondary N) is 1. The number of hydrogen-bond donors (Lipinski definition) is 1. The van der Waals surface area contributed by atoms with Crippen molar-refractivity contribution in [3.8, 4) is 0 Å². The lowest BCUT2D eigenvalue weighted by Crippen LogP contribution is -2.42. The van der Waals surface area contributed by atoms with Crippen molar-refractivity contribution in [2.75, 3.05) is 11.3 Å². The fourth-order valence-corrected chi connectivity index (χ4v) is 5.57. The number of fused-ring (bicyclic) bond motifs is 1. The molecule has 1 atom stereocenters. The van der Waals surface area contributed by atoms with E-state index in [2.05, 4.69) is 10.8 Å². The number of ether oxygens (including phenoxy) is 1. The predicted octanol–water partition coefficient (Wildman–Crippen LogP) is 3.68. The summed E-state index contributed by atoms with van der Waals surface area (Å²) < 4.78 is 32.6. The Balaban J connectivity index is 1.36. The molecule has 0 spiro atoms. The smallest absolute Gasteiger partial charge is 0.338 e. The summed E-state index contributed by atoms with van der Waals surface area (Å²) in [5.41, 5.74) is 2.89. The van der Waals surface area contributed by atoms with Crippen molar-refractivity contribution in [3.63, 3.8) is 0 Å². The zero-order valence-electron chi connectivity index (χ0n) is 17.4. The predicted molar refractivity (Wildman–Crippen MR) is 122 cm³/mol. The summed E-state index contributed by atoms with van der Waals surface area (Å²) in [5.74, 6) is -0.885. The Labute approximate surface area is 190 Å². The molecule has 0 fully saturated rings. The molecule has 166 valence electrons. The van der Waals surface area contributed by atoms with Crippen LogP contribution in [-0.4, -0.2) is 37.8 Å². The van der Waals surface area contributed by atoms with Gasteiger partial charge < -0.3 is 9.64 Å². The molecule has 2 heterocycles. The number of benzene rings is 2. The van der Waals surface area contributed by atoms with Crippen LogP contribution in [0.4, 0.5) is 5.69 Å². The number of sulfonamides is 1. The molecule has 0 aliphatic carbocycles. The third kappa shape index (κ3) is 4.84. The second-order valence-electron chi connectivity index (χ2n) is 7.44. The first-order valence-corrected chi connectivity index (χ1v) is 12.4. The van der Waals surface area contributed by atoms with Gasteiger partial charge in [-0.25, -0.2) is 13.2 Å². The van der Waals surface area contributed by atoms with Gasteiger partial charge in [0.25, 0.3) is 15.9 Å². The Morgan fingerprint density at radius 1 is 1.03 bits per heavy atom. The summed E-state index contributed by atoms with van der Waals surface area (Å²) >= 11 is 1.11. The molecule has 1 N–H and O–H groups in total. The standard InChI is InChI=1S/C23H22N2O5S2/c1-16(22(26)25-13-12-17-5-2-3-6-19(17)15-25)30-23(27)18-8-10-20(11-9-18)24-32(28,29)21-7-4-14-31-21/h2-11,14,16,24H,12-13,15H2,1H3/t16-/m1/s1. The van der Waals surface area contributed by atoms with Crippen molar-refractivity contribution >= 4 is 38.9 Å². The molecule has 0 saturated carbocycles. The highest BCUT2D eigenvalue weighted by Crippen LogP contribution is 2.22. The number of hydrogen-bond acceptors (Lipinski definition) is 6. The van der Waals surface area contributed by atoms with E-state index in [1.807, 2.05) is 18.2 Å². The maximum Gasteiger partial charge on any atom is 0.338 e. The number of rotatable bonds is 6. The van der Waals surface area contributed by atoms with Gasteiger partial charge in [-0.1, -0.05) is 30.3 Å². The van der Waals surface area contributed by atoms with Crippen molar-refractivity contribution in [1.29, 1.82) is 0 Å². The molecule has 0 unspecified atom stereocenters. The van der Waals surface area contributed by atoms with Crippen molar-refractivity contribution in [3.05, 3.63) is 82.7 Å². The SMILES string of the molecule is C[C@@H](OC(=O)c1ccc(NS(=O)(=O)c2cccs2)cc1)C(=O)N1CCc2ccccc2C1. The quantitative estimate of drug-likeness (QED) is 0.555. The van der Waals surface area contributed by atoms with E-state index in [-0.39, 0.29) is 15.7 Å². The highest BCUT2D eigenvalue weighted by Gasteiger charge is 2.27. The lowest BCUT2D eigenvalue weighted by Gasteiger charge is -2.30. The van der Waals surface area contributed by atoms with Crippen molar-refractivity contribution < 1.29 is 22.7 Å². The first kappa shape index (κ1) is 22.0. The Morgan fingerprint density at radius 2 is 1.75 bits per heavy atom. The first-order chi connectivity index (χ1) is 15.3. The van der Waals surface area contributed by atoms with Gasteiger partial charge in [-0.2, -0.15) is 0 Å². The highest BCUT2D eigenvalue weighted by atomic mass is 32.2. The van der Waals surface area contributed by atoms with E-state index in [1.165, 1.54) is 35.9 Å². The minimum atomic E-state index is -3.66. The van der Waals surface area contributed by atoms with E-state index in [0.717, 1.165) is 23.3 Å². The Hall–Kier alpha value is -3.17. The van der Waals surface area contributed by atoms with Crippen LogP contribution in [0.1, 0.15) is 28.4 Å². The number of esters is 1. The maximum atomic E-state index is 12.8. The molecule has 1 aliphatic heterocycles. The molecule has 7 nitrogen and oxygen atoms in total. The Kier molecular flexibility index (Phi) is 6.29. The molecule has 0 radical (unpaired) electrons. The topological polar surface area (TPSA) is 92.8 Å². The van der Waals surface area contributed by atoms with Crippen LogP contribution in [-0.2, 0) is 32.5 Å². The average molecular weight is 471 g/mol. The van der Waals surface area contributed by atoms with Gasteiger partial charge in [0, 0.05) is 18.8 Å². The Morgan fingerprint density at radius 3 is 2.44 bits per heavy atom. The number of carbonyl (C=O) groups is 2. The largest absolute Gasteiger partial charge is 0.449 e. The highest BCUT2D eigenvalue weighted by molar-refractivity contribution is 7.94. The molecule has 1 amide bonds. The van der Waals surface area contributed by atoms with Crippen LogP contribution in [0.5, 0.6) is 0 Å². The van der Waals surface area contributed by atoms with E-state index in [4.69, 9.17) is 4.74 Å². The second-order valence-corrected chi connectivity index (χ2v) is 10.3. The third-order valence-corrected chi connectivity index (χ3v) is 7.99. The first-order valence-electron chi connectivity index (χ1n) is 10.1. The van der Waals surface area contributed by atoms with Crippen LogP contribution in [0.2, 0.25) is 0 Å². The summed E-state index contributed by atoms with van der Waals surface area (Å²) in [4.78, 5) is 27.0. The lowest BCUT2D eigenvalue weighted by atomic mass is 9.99. The minimum absolute atomic E-state index is 0.202. The number of amides is 1. The molecule has 9 heteroatoms. The van der Waals surface area contributed by atoms with Crippen LogP contribution >= 0.6 is 11.3 Å². The number of thiophene rings is 1. The zero-order valence-corrected chi connectivity index (χ0v) is 19.0. The van der Waals surface area contributed by atoms with E-state index >= 15 is 0 Å². The van der Waals surface area contributed by atoms with Crippen LogP contribution in [0.3, 0.4) is 0 Å². The number of anilines is 1. The summed E-state index contributed by atoms with van der Waals surface area (Å²) in [7, 11) is -3.66. The van der Waals surface area contributed by atoms with Crippen LogP contribution in [0, 0.1) is 0 Å². The summed E-state index contributed by atoms with van der Waals surface area (Å²) in [6.07, 6.45) is -0.157. The molecule has 0 saturated heterocycles. The van der Waals surface area contributed by atoms with Gasteiger partial charge in [-0.3, -0.25) is 9.52 Å². The molecule has 1 aliphatic rings. The van der Waals surface area contributed by atoms with Gasteiger partial charge in [0.1, 0.15) is 4.21 Å². The van der Waals surface area contributed by atoms with Crippen LogP contribution in [0.25, 0.3) is 0 Å². The van der Waals surface area contributed by atoms with Gasteiger partial charge in [-0.05, 0) is 60.2 Å². The molecule has 3 aromatic rings. The van der Waals surface area contributed by atoms with Crippen LogP contribution in [0.15, 0.2) is 70.3 Å². The van der Waals surface area contributed by atoms with Crippen molar-refractivity contribution in [1.82, 2.24) is 4.90 Å². The average Bonchev–Trinajstić information content (AvgIpc) is 3.34. The van der Waals surface area contributed by atoms with E-state index < -0.39 is 22.1 Å². The van der Waals surface area contributed by atoms with E-state index in [0.29, 0.717) is 18.8 Å². The van der Waals surface area contributed by atoms with Gasteiger partial charge >= 0.3 is 5.97 Å². The molecule has 4 rings (SSSR count). The summed E-state index contributed by atoms with van der Waals surface area (Å²) in [6, 6.07) is 17.0. The third-order valence-electron chi connectivity index (χ3n) is 5.21. The van der Waals surface area contributed by atoms with Gasteiger partial charge in [0.2, 0.25) is 0 Å². The number of nitrogens with zero attached hydrogens (tertiary/aromatic N) is 1. The molecular weight excluding hydrogens is 448 g/mol. The van der Waals surface area contributed by atoms with E-state index in [1.54, 1.807) is 23.3 Å². The molecule has 32 heavy (non-hydrogen) atoms. The monoisotopic (exact) mass is 470 g/mol. The molecule has 1 aromatic heterocycles. The molecule has 2 aromatic carbocycles. The van der Waals surface area contributed by atoms with Gasteiger partial charge in [0.05, 0.1) is 5.56 Å². The second kappa shape index (κ2) is 9.13. The molecule has 0 bridgehead atoms. The fourth-order valence-electron chi connectivity index (χ4n) is 3.52. The van der Waals surface area contributed by atoms with Crippen molar-refractivity contribution in [2.24, 2.45) is 0 Å². The van der Waals surface area contributed by atoms with Gasteiger partial charge in [-0.15, -0.1) is 11.3 Å². The molecular formula is C23H22N2O5S2. The Bertz CT molecular complexity index is 1220. The number of carbonyl (C=O) groups excluding carboxylic acids is 2. The van der Waals surface area contributed by atoms with Gasteiger partial charge in [0.15, 0.2) is 6.10 Å². The maximum absolute atomic E-state index is 12.8. The van der Waals surface area contributed by atoms with E-state index in [9.17, 15) is 18.0 Å². The zero-order chi connectivity index (χ0) is 22.7. The summed E-state index contributed by atoms with van der Waals surface area (Å²) in [5, 5.41) is 1.68. The minimum Gasteiger partial charge on any atom is -0.449 e. The van der Waals surface area contributed by atoms with Crippen molar-refractivity contribution in [2.45, 2.75) is 30.2 Å².